The van der Waals surface area contributed by atoms with Gasteiger partial charge in [-0.1, -0.05) is 18.1 Å². The molecular weight excluding hydrogens is 486 g/mol. The summed E-state index contributed by atoms with van der Waals surface area (Å²) in [5, 5.41) is 2.84. The molecular formula is C25H25N3O7S. The highest BCUT2D eigenvalue weighted by atomic mass is 32.2. The number of fused-ring (bicyclic) bond motifs is 1. The van der Waals surface area contributed by atoms with E-state index >= 15 is 0 Å². The third-order valence-electron chi connectivity index (χ3n) is 5.29. The number of benzene rings is 2. The lowest BCUT2D eigenvalue weighted by molar-refractivity contribution is -0.118. The molecule has 10 nitrogen and oxygen atoms in total. The van der Waals surface area contributed by atoms with Gasteiger partial charge in [0.1, 0.15) is 11.3 Å². The van der Waals surface area contributed by atoms with Gasteiger partial charge < -0.3 is 19.4 Å². The van der Waals surface area contributed by atoms with Crippen molar-refractivity contribution in [3.05, 3.63) is 69.1 Å². The first kappa shape index (κ1) is 26.3. The number of anilines is 1. The molecule has 11 heteroatoms. The Morgan fingerprint density at radius 1 is 1.19 bits per heavy atom. The first-order chi connectivity index (χ1) is 16.9. The maximum absolute atomic E-state index is 12.8. The maximum Gasteiger partial charge on any atom is 0.414 e. The lowest BCUT2D eigenvalue weighted by Crippen LogP contribution is -2.30. The number of sulfonamides is 1. The lowest BCUT2D eigenvalue weighted by atomic mass is 9.98. The van der Waals surface area contributed by atoms with Crippen LogP contribution < -0.4 is 20.4 Å². The maximum atomic E-state index is 12.8. The Bertz CT molecular complexity index is 1550. The molecule has 2 aromatic carbocycles. The van der Waals surface area contributed by atoms with Crippen molar-refractivity contribution in [2.75, 3.05) is 31.6 Å². The highest BCUT2D eigenvalue weighted by molar-refractivity contribution is 7.93. The van der Waals surface area contributed by atoms with Crippen molar-refractivity contribution in [2.45, 2.75) is 13.3 Å². The Morgan fingerprint density at radius 3 is 2.56 bits per heavy atom. The minimum Gasteiger partial charge on any atom is -0.422 e. The van der Waals surface area contributed by atoms with Crippen LogP contribution in [0, 0.1) is 19.3 Å². The van der Waals surface area contributed by atoms with Gasteiger partial charge in [0.15, 0.2) is 5.75 Å². The SMILES string of the molecule is C#Cc1cc2c(C)c(Cc3cccc(NS(=O)(=O)CC(=O)NC)c3)c(=O)oc2cc1OC(=O)N(C)C. The van der Waals surface area contributed by atoms with Crippen LogP contribution in [-0.4, -0.2) is 52.2 Å². The number of hydrogen-bond donors (Lipinski definition) is 2. The summed E-state index contributed by atoms with van der Waals surface area (Å²) in [6.07, 6.45) is 5.13. The summed E-state index contributed by atoms with van der Waals surface area (Å²) in [4.78, 5) is 37.5. The van der Waals surface area contributed by atoms with E-state index in [0.29, 0.717) is 27.6 Å². The van der Waals surface area contributed by atoms with E-state index < -0.39 is 33.4 Å². The smallest absolute Gasteiger partial charge is 0.414 e. The predicted octanol–water partition coefficient (Wildman–Crippen LogP) is 2.22. The van der Waals surface area contributed by atoms with Crippen molar-refractivity contribution in [3.8, 4) is 18.1 Å². The van der Waals surface area contributed by atoms with Gasteiger partial charge in [-0.3, -0.25) is 9.52 Å². The van der Waals surface area contributed by atoms with Gasteiger partial charge in [0.25, 0.3) is 0 Å². The molecule has 3 aromatic rings. The van der Waals surface area contributed by atoms with Crippen molar-refractivity contribution in [1.29, 1.82) is 0 Å². The van der Waals surface area contributed by atoms with Crippen LogP contribution in [-0.2, 0) is 21.2 Å². The zero-order chi connectivity index (χ0) is 26.6. The molecule has 0 spiro atoms. The van der Waals surface area contributed by atoms with E-state index in [1.165, 1.54) is 38.2 Å². The summed E-state index contributed by atoms with van der Waals surface area (Å²) >= 11 is 0. The molecule has 0 fully saturated rings. The number of amides is 2. The fraction of sp³-hybridized carbons (Fsp3) is 0.240. The topological polar surface area (TPSA) is 135 Å². The number of terminal acetylenes is 1. The Balaban J connectivity index is 1.96. The summed E-state index contributed by atoms with van der Waals surface area (Å²) < 4.78 is 37.6. The van der Waals surface area contributed by atoms with Crippen LogP contribution >= 0.6 is 0 Å². The van der Waals surface area contributed by atoms with Crippen molar-refractivity contribution >= 4 is 38.7 Å². The monoisotopic (exact) mass is 511 g/mol. The van der Waals surface area contributed by atoms with Crippen molar-refractivity contribution < 1.29 is 27.2 Å². The van der Waals surface area contributed by atoms with Gasteiger partial charge in [-0.2, -0.15) is 0 Å². The second kappa shape index (κ2) is 10.5. The van der Waals surface area contributed by atoms with Crippen LogP contribution in [0.25, 0.3) is 11.0 Å². The van der Waals surface area contributed by atoms with Gasteiger partial charge in [-0.25, -0.2) is 18.0 Å². The Kier molecular flexibility index (Phi) is 7.70. The molecule has 0 atom stereocenters. The molecule has 0 saturated carbocycles. The van der Waals surface area contributed by atoms with Crippen molar-refractivity contribution in [2.24, 2.45) is 0 Å². The molecule has 2 amide bonds. The average molecular weight is 512 g/mol. The van der Waals surface area contributed by atoms with E-state index in [4.69, 9.17) is 15.6 Å². The number of carbonyl (C=O) groups excluding carboxylic acids is 2. The van der Waals surface area contributed by atoms with E-state index in [9.17, 15) is 22.8 Å². The van der Waals surface area contributed by atoms with E-state index in [1.54, 1.807) is 31.2 Å². The van der Waals surface area contributed by atoms with Crippen LogP contribution in [0.2, 0.25) is 0 Å². The number of aryl methyl sites for hydroxylation is 1. The first-order valence-corrected chi connectivity index (χ1v) is 12.4. The number of carbonyl (C=O) groups is 2. The van der Waals surface area contributed by atoms with Crippen LogP contribution in [0.15, 0.2) is 45.6 Å². The third kappa shape index (κ3) is 6.03. The Morgan fingerprint density at radius 2 is 1.92 bits per heavy atom. The molecule has 0 unspecified atom stereocenters. The molecule has 0 bridgehead atoms. The second-order valence-corrected chi connectivity index (χ2v) is 9.88. The second-order valence-electron chi connectivity index (χ2n) is 8.16. The van der Waals surface area contributed by atoms with Gasteiger partial charge in [0.05, 0.1) is 5.56 Å². The average Bonchev–Trinajstić information content (AvgIpc) is 2.81. The van der Waals surface area contributed by atoms with Crippen molar-refractivity contribution in [3.63, 3.8) is 0 Å². The summed E-state index contributed by atoms with van der Waals surface area (Å²) in [6.45, 7) is 1.75. The largest absolute Gasteiger partial charge is 0.422 e. The Hall–Kier alpha value is -4.30. The minimum absolute atomic E-state index is 0.0933. The van der Waals surface area contributed by atoms with Crippen LogP contribution in [0.1, 0.15) is 22.3 Å². The van der Waals surface area contributed by atoms with Gasteiger partial charge >= 0.3 is 11.7 Å². The molecule has 0 aliphatic heterocycles. The number of nitrogens with zero attached hydrogens (tertiary/aromatic N) is 1. The summed E-state index contributed by atoms with van der Waals surface area (Å²) in [5.74, 6) is 1.21. The van der Waals surface area contributed by atoms with Crippen LogP contribution in [0.5, 0.6) is 5.75 Å². The number of ether oxygens (including phenoxy) is 1. The Labute approximate surface area is 208 Å². The van der Waals surface area contributed by atoms with Gasteiger partial charge in [-0.05, 0) is 36.2 Å². The van der Waals surface area contributed by atoms with E-state index in [-0.39, 0.29) is 23.4 Å². The molecule has 188 valence electrons. The standard InChI is InChI=1S/C25H25N3O7S/c1-6-17-12-19-15(2)20(24(30)34-22(19)13-21(17)35-25(31)28(4)5)11-16-8-7-9-18(10-16)27-36(32,33)14-23(29)26-3/h1,7-10,12-13,27H,11,14H2,2-5H3,(H,26,29). The zero-order valence-electron chi connectivity index (χ0n) is 20.2. The third-order valence-corrected chi connectivity index (χ3v) is 6.48. The van der Waals surface area contributed by atoms with E-state index in [1.807, 2.05) is 0 Å². The van der Waals surface area contributed by atoms with E-state index in [0.717, 1.165) is 0 Å². The molecule has 1 aromatic heterocycles. The van der Waals surface area contributed by atoms with Crippen LogP contribution in [0.3, 0.4) is 0 Å². The number of hydrogen-bond acceptors (Lipinski definition) is 7. The molecule has 0 radical (unpaired) electrons. The highest BCUT2D eigenvalue weighted by Gasteiger charge is 2.18. The van der Waals surface area contributed by atoms with Crippen molar-refractivity contribution in [1.82, 2.24) is 10.2 Å². The first-order valence-electron chi connectivity index (χ1n) is 10.7. The number of rotatable bonds is 7. The molecule has 2 N–H and O–H groups in total. The number of nitrogens with one attached hydrogen (secondary N) is 2. The highest BCUT2D eigenvalue weighted by Crippen LogP contribution is 2.29. The molecule has 36 heavy (non-hydrogen) atoms. The fourth-order valence-corrected chi connectivity index (χ4v) is 4.46. The minimum atomic E-state index is -3.91. The summed E-state index contributed by atoms with van der Waals surface area (Å²) in [5.41, 5.74) is 1.79. The lowest BCUT2D eigenvalue weighted by Gasteiger charge is -2.14. The van der Waals surface area contributed by atoms with Gasteiger partial charge in [0, 0.05) is 50.3 Å². The molecule has 0 saturated heterocycles. The van der Waals surface area contributed by atoms with E-state index in [2.05, 4.69) is 16.0 Å². The molecule has 0 aliphatic rings. The quantitative estimate of drug-likeness (QED) is 0.367. The zero-order valence-corrected chi connectivity index (χ0v) is 21.0. The molecule has 3 rings (SSSR count). The normalized spacial score (nSPS) is 11.0. The van der Waals surface area contributed by atoms with Gasteiger partial charge in [0.2, 0.25) is 15.9 Å². The molecule has 1 heterocycles. The van der Waals surface area contributed by atoms with Crippen LogP contribution in [0.4, 0.5) is 10.5 Å². The summed E-state index contributed by atoms with van der Waals surface area (Å²) in [7, 11) is 0.491. The fourth-order valence-electron chi connectivity index (χ4n) is 3.41. The molecule has 0 aliphatic carbocycles. The summed E-state index contributed by atoms with van der Waals surface area (Å²) in [6, 6.07) is 9.49. The predicted molar refractivity (Wildman–Crippen MR) is 136 cm³/mol. The van der Waals surface area contributed by atoms with Gasteiger partial charge in [-0.15, -0.1) is 6.42 Å².